The topological polar surface area (TPSA) is 60.7 Å². The van der Waals surface area contributed by atoms with Crippen LogP contribution in [0.2, 0.25) is 0 Å². The van der Waals surface area contributed by atoms with Gasteiger partial charge in [-0.15, -0.1) is 0 Å². The van der Waals surface area contributed by atoms with E-state index in [1.165, 1.54) is 0 Å². The summed E-state index contributed by atoms with van der Waals surface area (Å²) < 4.78 is 0. The van der Waals surface area contributed by atoms with E-state index in [4.69, 9.17) is 0 Å². The molecule has 0 aliphatic heterocycles. The van der Waals surface area contributed by atoms with E-state index in [1.807, 2.05) is 52.0 Å². The summed E-state index contributed by atoms with van der Waals surface area (Å²) in [7, 11) is 0. The fourth-order valence-corrected chi connectivity index (χ4v) is 3.21. The second-order valence-electron chi connectivity index (χ2n) is 6.61. The molecule has 0 radical (unpaired) electrons. The number of rotatable bonds is 2. The van der Waals surface area contributed by atoms with Crippen molar-refractivity contribution in [1.82, 2.24) is 0 Å². The summed E-state index contributed by atoms with van der Waals surface area (Å²) in [6.07, 6.45) is 0. The van der Waals surface area contributed by atoms with Gasteiger partial charge in [0.25, 0.3) is 0 Å². The van der Waals surface area contributed by atoms with Crippen LogP contribution < -0.4 is 0 Å². The van der Waals surface area contributed by atoms with Gasteiger partial charge < -0.3 is 15.3 Å². The summed E-state index contributed by atoms with van der Waals surface area (Å²) >= 11 is 0. The van der Waals surface area contributed by atoms with Gasteiger partial charge in [-0.05, 0) is 97.0 Å². The second kappa shape index (κ2) is 7.12. The predicted octanol–water partition coefficient (Wildman–Crippen LogP) is 6.01. The first-order valence-corrected chi connectivity index (χ1v) is 8.22. The molecule has 3 nitrogen and oxygen atoms in total. The van der Waals surface area contributed by atoms with Crippen molar-refractivity contribution < 1.29 is 15.3 Å². The molecule has 0 aliphatic rings. The molecule has 0 atom stereocenters. The molecule has 0 amide bonds. The normalized spacial score (nSPS) is 10.5. The number of phenolic OH excluding ortho intramolecular Hbond substituents is 3. The maximum absolute atomic E-state index is 10.6. The van der Waals surface area contributed by atoms with Gasteiger partial charge in [0.15, 0.2) is 0 Å². The summed E-state index contributed by atoms with van der Waals surface area (Å²) in [6, 6.07) is 12.7. The summed E-state index contributed by atoms with van der Waals surface area (Å²) in [5.41, 5.74) is 6.84. The lowest BCUT2D eigenvalue weighted by molar-refractivity contribution is 0.470. The lowest BCUT2D eigenvalue weighted by atomic mass is 9.88. The predicted molar refractivity (Wildman–Crippen MR) is 108 cm³/mol. The van der Waals surface area contributed by atoms with E-state index in [-0.39, 0.29) is 24.7 Å². The highest BCUT2D eigenvalue weighted by atomic mass is 16.3. The molecule has 0 saturated carbocycles. The Morgan fingerprint density at radius 3 is 1.62 bits per heavy atom. The Labute approximate surface area is 155 Å². The smallest absolute Gasteiger partial charge is 0.124 e. The quantitative estimate of drug-likeness (QED) is 0.530. The monoisotopic (exact) mass is 350 g/mol. The van der Waals surface area contributed by atoms with E-state index < -0.39 is 0 Å². The summed E-state index contributed by atoms with van der Waals surface area (Å²) in [5.74, 6) is 0.699. The lowest BCUT2D eigenvalue weighted by Crippen LogP contribution is -1.93. The van der Waals surface area contributed by atoms with E-state index in [2.05, 4.69) is 0 Å². The van der Waals surface area contributed by atoms with Crippen molar-refractivity contribution in [2.75, 3.05) is 0 Å². The molecule has 3 N–H and O–H groups in total. The van der Waals surface area contributed by atoms with Crippen LogP contribution in [0.25, 0.3) is 22.3 Å². The summed E-state index contributed by atoms with van der Waals surface area (Å²) in [6.45, 7) is 7.56. The molecule has 0 fully saturated rings. The van der Waals surface area contributed by atoms with Gasteiger partial charge in [-0.25, -0.2) is 0 Å². The molecule has 0 heterocycles. The van der Waals surface area contributed by atoms with Crippen LogP contribution in [0.4, 0.5) is 0 Å². The van der Waals surface area contributed by atoms with Crippen molar-refractivity contribution in [3.8, 4) is 39.5 Å². The van der Waals surface area contributed by atoms with Crippen molar-refractivity contribution >= 4 is 0 Å². The van der Waals surface area contributed by atoms with E-state index in [1.54, 1.807) is 18.2 Å². The van der Waals surface area contributed by atoms with E-state index in [9.17, 15) is 15.3 Å². The highest BCUT2D eigenvalue weighted by Gasteiger charge is 2.17. The zero-order valence-corrected chi connectivity index (χ0v) is 14.9. The second-order valence-corrected chi connectivity index (χ2v) is 6.61. The van der Waals surface area contributed by atoms with Crippen LogP contribution >= 0.6 is 0 Å². The molecular weight excluding hydrogens is 324 g/mol. The average Bonchev–Trinajstić information content (AvgIpc) is 2.55. The first-order valence-electron chi connectivity index (χ1n) is 8.22. The lowest BCUT2D eigenvalue weighted by Gasteiger charge is -2.17. The molecule has 0 aliphatic carbocycles. The maximum Gasteiger partial charge on any atom is 0.124 e. The zero-order chi connectivity index (χ0) is 18.3. The van der Waals surface area contributed by atoms with Gasteiger partial charge in [0.2, 0.25) is 0 Å². The number of benzene rings is 3. The standard InChI is InChI=1S/C22H22O3.CH4/c1-12-10-20(24)14(3)8-17(12)16-6-5-7-19(23)22(16)18-9-15(4)21(25)11-13(18)2;/h5-11,23-25H,1-4H3;1H4. The van der Waals surface area contributed by atoms with Crippen LogP contribution in [0.5, 0.6) is 17.2 Å². The molecule has 0 bridgehead atoms. The van der Waals surface area contributed by atoms with Gasteiger partial charge in [0.1, 0.15) is 17.2 Å². The third-order valence-corrected chi connectivity index (χ3v) is 4.69. The van der Waals surface area contributed by atoms with Gasteiger partial charge in [-0.3, -0.25) is 0 Å². The summed E-state index contributed by atoms with van der Waals surface area (Å²) in [4.78, 5) is 0. The largest absolute Gasteiger partial charge is 0.508 e. The average molecular weight is 350 g/mol. The molecule has 0 saturated heterocycles. The molecule has 3 heteroatoms. The van der Waals surface area contributed by atoms with Crippen molar-refractivity contribution in [3.05, 3.63) is 64.7 Å². The molecule has 3 aromatic rings. The fraction of sp³-hybridized carbons (Fsp3) is 0.217. The number of aromatic hydroxyl groups is 3. The minimum Gasteiger partial charge on any atom is -0.508 e. The van der Waals surface area contributed by atoms with Gasteiger partial charge in [-0.1, -0.05) is 19.6 Å². The van der Waals surface area contributed by atoms with Crippen molar-refractivity contribution in [3.63, 3.8) is 0 Å². The minimum atomic E-state index is 0. The molecular formula is C23H26O3. The fourth-order valence-electron chi connectivity index (χ4n) is 3.21. The number of hydrogen-bond donors (Lipinski definition) is 3. The van der Waals surface area contributed by atoms with Gasteiger partial charge >= 0.3 is 0 Å². The van der Waals surface area contributed by atoms with Crippen LogP contribution in [0, 0.1) is 27.7 Å². The number of aryl methyl sites for hydroxylation is 4. The van der Waals surface area contributed by atoms with Gasteiger partial charge in [-0.2, -0.15) is 0 Å². The van der Waals surface area contributed by atoms with Crippen LogP contribution in [0.1, 0.15) is 29.7 Å². The third-order valence-electron chi connectivity index (χ3n) is 4.69. The van der Waals surface area contributed by atoms with Crippen molar-refractivity contribution in [2.24, 2.45) is 0 Å². The van der Waals surface area contributed by atoms with Gasteiger partial charge in [0.05, 0.1) is 0 Å². The molecule has 3 aromatic carbocycles. The van der Waals surface area contributed by atoms with Crippen LogP contribution in [-0.2, 0) is 0 Å². The Hall–Kier alpha value is -2.94. The number of hydrogen-bond acceptors (Lipinski definition) is 3. The Kier molecular flexibility index (Phi) is 5.31. The molecule has 0 unspecified atom stereocenters. The molecule has 0 spiro atoms. The van der Waals surface area contributed by atoms with E-state index in [0.29, 0.717) is 0 Å². The maximum atomic E-state index is 10.6. The third kappa shape index (κ3) is 3.25. The van der Waals surface area contributed by atoms with E-state index >= 15 is 0 Å². The molecule has 136 valence electrons. The highest BCUT2D eigenvalue weighted by molar-refractivity contribution is 5.90. The van der Waals surface area contributed by atoms with Crippen molar-refractivity contribution in [2.45, 2.75) is 35.1 Å². The Bertz CT molecular complexity index is 972. The molecule has 26 heavy (non-hydrogen) atoms. The molecule has 0 aromatic heterocycles. The van der Waals surface area contributed by atoms with Gasteiger partial charge in [0, 0.05) is 5.56 Å². The molecule has 3 rings (SSSR count). The SMILES string of the molecule is C.Cc1cc(-c2cccc(O)c2-c2cc(C)c(O)cc2C)c(C)cc1O. The highest BCUT2D eigenvalue weighted by Crippen LogP contribution is 2.43. The van der Waals surface area contributed by atoms with Crippen molar-refractivity contribution in [1.29, 1.82) is 0 Å². The minimum absolute atomic E-state index is 0. The Morgan fingerprint density at radius 2 is 1.04 bits per heavy atom. The van der Waals surface area contributed by atoms with E-state index in [0.717, 1.165) is 44.5 Å². The zero-order valence-electron chi connectivity index (χ0n) is 14.9. The number of phenols is 3. The summed E-state index contributed by atoms with van der Waals surface area (Å²) in [5, 5.41) is 30.5. The van der Waals surface area contributed by atoms with Crippen LogP contribution in [0.3, 0.4) is 0 Å². The Morgan fingerprint density at radius 1 is 0.538 bits per heavy atom. The van der Waals surface area contributed by atoms with Crippen LogP contribution in [-0.4, -0.2) is 15.3 Å². The first kappa shape index (κ1) is 19.4. The van der Waals surface area contributed by atoms with Crippen LogP contribution in [0.15, 0.2) is 42.5 Å². The first-order chi connectivity index (χ1) is 11.8. The Balaban J connectivity index is 0.00000243.